The van der Waals surface area contributed by atoms with Gasteiger partial charge in [-0.2, -0.15) is 0 Å². The quantitative estimate of drug-likeness (QED) is 0.345. The van der Waals surface area contributed by atoms with E-state index in [0.717, 1.165) is 54.6 Å². The summed E-state index contributed by atoms with van der Waals surface area (Å²) in [6.45, 7) is 4.44. The molecule has 0 heterocycles. The first-order valence-electron chi connectivity index (χ1n) is 12.6. The molecule has 3 rings (SSSR count). The van der Waals surface area contributed by atoms with E-state index in [1.807, 2.05) is 6.07 Å². The van der Waals surface area contributed by atoms with Crippen molar-refractivity contribution in [1.82, 2.24) is 0 Å². The first-order valence-corrected chi connectivity index (χ1v) is 12.6. The van der Waals surface area contributed by atoms with Gasteiger partial charge in [0.05, 0.1) is 0 Å². The summed E-state index contributed by atoms with van der Waals surface area (Å²) in [6.07, 6.45) is 22.1. The van der Waals surface area contributed by atoms with Gasteiger partial charge in [-0.15, -0.1) is 0 Å². The molecule has 2 aliphatic rings. The van der Waals surface area contributed by atoms with Crippen LogP contribution in [0.25, 0.3) is 0 Å². The fourth-order valence-electron chi connectivity index (χ4n) is 5.64. The molecule has 0 N–H and O–H groups in total. The van der Waals surface area contributed by atoms with E-state index in [0.29, 0.717) is 0 Å². The topological polar surface area (TPSA) is 0 Å². The maximum Gasteiger partial charge on any atom is 0.126 e. The van der Waals surface area contributed by atoms with Gasteiger partial charge < -0.3 is 0 Å². The van der Waals surface area contributed by atoms with Gasteiger partial charge in [0.15, 0.2) is 0 Å². The Labute approximate surface area is 179 Å². The Morgan fingerprint density at radius 1 is 0.793 bits per heavy atom. The largest absolute Gasteiger partial charge is 0.207 e. The smallest absolute Gasteiger partial charge is 0.126 e. The lowest BCUT2D eigenvalue weighted by Crippen LogP contribution is -2.16. The summed E-state index contributed by atoms with van der Waals surface area (Å²) in [5.41, 5.74) is 3.64. The molecular formula is C28H43F. The van der Waals surface area contributed by atoms with E-state index in [-0.39, 0.29) is 5.82 Å². The van der Waals surface area contributed by atoms with Crippen molar-refractivity contribution in [3.8, 4) is 0 Å². The van der Waals surface area contributed by atoms with Crippen LogP contribution in [0.3, 0.4) is 0 Å². The normalized spacial score (nSPS) is 25.1. The summed E-state index contributed by atoms with van der Waals surface area (Å²) in [7, 11) is 0. The van der Waals surface area contributed by atoms with E-state index >= 15 is 0 Å². The molecule has 1 saturated carbocycles. The lowest BCUT2D eigenvalue weighted by molar-refractivity contribution is 0.236. The van der Waals surface area contributed by atoms with Crippen LogP contribution in [-0.2, 0) is 12.8 Å². The molecular weight excluding hydrogens is 355 g/mol. The molecule has 29 heavy (non-hydrogen) atoms. The molecule has 0 saturated heterocycles. The van der Waals surface area contributed by atoms with Gasteiger partial charge in [-0.25, -0.2) is 4.39 Å². The minimum Gasteiger partial charge on any atom is -0.207 e. The van der Waals surface area contributed by atoms with Crippen LogP contribution in [0.5, 0.6) is 0 Å². The maximum atomic E-state index is 14.1. The summed E-state index contributed by atoms with van der Waals surface area (Å²) in [6, 6.07) is 5.90. The minimum atomic E-state index is -0.00855. The van der Waals surface area contributed by atoms with Crippen LogP contribution >= 0.6 is 0 Å². The summed E-state index contributed by atoms with van der Waals surface area (Å²) in [4.78, 5) is 0. The highest BCUT2D eigenvalue weighted by Gasteiger charge is 2.22. The summed E-state index contributed by atoms with van der Waals surface area (Å²) < 4.78 is 14.1. The Morgan fingerprint density at radius 2 is 1.52 bits per heavy atom. The third kappa shape index (κ3) is 7.26. The van der Waals surface area contributed by atoms with E-state index in [4.69, 9.17) is 0 Å². The Morgan fingerprint density at radius 3 is 2.14 bits per heavy atom. The average Bonchev–Trinajstić information content (AvgIpc) is 2.74. The van der Waals surface area contributed by atoms with E-state index in [2.05, 4.69) is 26.0 Å². The van der Waals surface area contributed by atoms with Crippen LogP contribution in [0.4, 0.5) is 4.39 Å². The standard InChI is InChI=1S/C28H43F/c1-3-5-22-7-9-23(10-8-22)11-12-24-13-15-25(16-14-24)17-18-26-19-20-27(6-4-2)28(29)21-26/h15,19-24H,3-14,16-18H2,1-2H3. The number of hydrogen-bond acceptors (Lipinski definition) is 0. The van der Waals surface area contributed by atoms with Gasteiger partial charge in [0.25, 0.3) is 0 Å². The van der Waals surface area contributed by atoms with Crippen molar-refractivity contribution in [2.45, 2.75) is 110 Å². The van der Waals surface area contributed by atoms with Gasteiger partial charge in [-0.1, -0.05) is 89.0 Å². The molecule has 1 heteroatoms. The molecule has 2 aliphatic carbocycles. The number of hydrogen-bond donors (Lipinski definition) is 0. The second-order valence-corrected chi connectivity index (χ2v) is 9.93. The van der Waals surface area contributed by atoms with E-state index in [1.165, 1.54) is 70.6 Å². The number of allylic oxidation sites excluding steroid dienone is 2. The van der Waals surface area contributed by atoms with Crippen LogP contribution in [0.2, 0.25) is 0 Å². The number of rotatable bonds is 10. The first kappa shape index (κ1) is 22.6. The molecule has 1 aromatic carbocycles. The van der Waals surface area contributed by atoms with Crippen molar-refractivity contribution < 1.29 is 4.39 Å². The Kier molecular flexibility index (Phi) is 9.28. The SMILES string of the molecule is CCCc1ccc(CCC2=CCC(CCC3CCC(CCC)CC3)CC2)cc1F. The fraction of sp³-hybridized carbons (Fsp3) is 0.714. The van der Waals surface area contributed by atoms with Gasteiger partial charge in [-0.3, -0.25) is 0 Å². The van der Waals surface area contributed by atoms with E-state index in [9.17, 15) is 4.39 Å². The number of aryl methyl sites for hydroxylation is 2. The summed E-state index contributed by atoms with van der Waals surface area (Å²) in [5.74, 6) is 2.95. The molecule has 1 aromatic rings. The zero-order chi connectivity index (χ0) is 20.5. The lowest BCUT2D eigenvalue weighted by atomic mass is 9.76. The minimum absolute atomic E-state index is 0.00855. The van der Waals surface area contributed by atoms with Gasteiger partial charge in [0.1, 0.15) is 5.82 Å². The Bertz CT molecular complexity index is 636. The highest BCUT2D eigenvalue weighted by Crippen LogP contribution is 2.36. The Hall–Kier alpha value is -1.11. The molecule has 1 atom stereocenters. The van der Waals surface area contributed by atoms with Gasteiger partial charge >= 0.3 is 0 Å². The fourth-order valence-corrected chi connectivity index (χ4v) is 5.64. The van der Waals surface area contributed by atoms with Gasteiger partial charge in [0, 0.05) is 0 Å². The molecule has 162 valence electrons. The predicted octanol–water partition coefficient (Wildman–Crippen LogP) is 8.82. The van der Waals surface area contributed by atoms with Crippen LogP contribution in [0.15, 0.2) is 29.8 Å². The van der Waals surface area contributed by atoms with Crippen molar-refractivity contribution in [2.75, 3.05) is 0 Å². The summed E-state index contributed by atoms with van der Waals surface area (Å²) in [5, 5.41) is 0. The highest BCUT2D eigenvalue weighted by atomic mass is 19.1. The van der Waals surface area contributed by atoms with E-state index < -0.39 is 0 Å². The van der Waals surface area contributed by atoms with Crippen molar-refractivity contribution >= 4 is 0 Å². The highest BCUT2D eigenvalue weighted by molar-refractivity contribution is 5.25. The third-order valence-electron chi connectivity index (χ3n) is 7.63. The molecule has 0 aromatic heterocycles. The molecule has 0 bridgehead atoms. The van der Waals surface area contributed by atoms with Crippen molar-refractivity contribution in [3.63, 3.8) is 0 Å². The average molecular weight is 399 g/mol. The van der Waals surface area contributed by atoms with Crippen LogP contribution < -0.4 is 0 Å². The van der Waals surface area contributed by atoms with Crippen molar-refractivity contribution in [1.29, 1.82) is 0 Å². The third-order valence-corrected chi connectivity index (χ3v) is 7.63. The molecule has 0 radical (unpaired) electrons. The van der Waals surface area contributed by atoms with Crippen LogP contribution in [0.1, 0.15) is 108 Å². The monoisotopic (exact) mass is 398 g/mol. The molecule has 0 spiro atoms. The first-order chi connectivity index (χ1) is 14.2. The second kappa shape index (κ2) is 11.9. The van der Waals surface area contributed by atoms with Gasteiger partial charge in [0.2, 0.25) is 0 Å². The molecule has 0 aliphatic heterocycles. The molecule has 0 amide bonds. The number of halogens is 1. The maximum absolute atomic E-state index is 14.1. The van der Waals surface area contributed by atoms with Gasteiger partial charge in [-0.05, 0) is 79.9 Å². The molecule has 1 fully saturated rings. The lowest BCUT2D eigenvalue weighted by Gasteiger charge is -2.30. The Balaban J connectivity index is 1.35. The zero-order valence-corrected chi connectivity index (χ0v) is 19.0. The van der Waals surface area contributed by atoms with Crippen molar-refractivity contribution in [3.05, 3.63) is 46.8 Å². The van der Waals surface area contributed by atoms with Crippen LogP contribution in [-0.4, -0.2) is 0 Å². The molecule has 1 unspecified atom stereocenters. The van der Waals surface area contributed by atoms with Crippen LogP contribution in [0, 0.1) is 23.6 Å². The van der Waals surface area contributed by atoms with Crippen molar-refractivity contribution in [2.24, 2.45) is 17.8 Å². The predicted molar refractivity (Wildman–Crippen MR) is 124 cm³/mol. The van der Waals surface area contributed by atoms with E-state index in [1.54, 1.807) is 11.6 Å². The molecule has 0 nitrogen and oxygen atoms in total. The second-order valence-electron chi connectivity index (χ2n) is 9.93. The zero-order valence-electron chi connectivity index (χ0n) is 19.0. The number of benzene rings is 1. The summed E-state index contributed by atoms with van der Waals surface area (Å²) >= 11 is 0.